The van der Waals surface area contributed by atoms with Crippen molar-refractivity contribution in [3.8, 4) is 0 Å². The lowest BCUT2D eigenvalue weighted by Crippen LogP contribution is -2.44. The van der Waals surface area contributed by atoms with E-state index in [-0.39, 0.29) is 23.7 Å². The van der Waals surface area contributed by atoms with Gasteiger partial charge in [0.2, 0.25) is 11.8 Å². The highest BCUT2D eigenvalue weighted by Gasteiger charge is 2.51. The molecule has 3 rings (SSSR count). The molecule has 2 aliphatic heterocycles. The second-order valence-corrected chi connectivity index (χ2v) is 6.73. The molecular weight excluding hydrogens is 266 g/mol. The van der Waals surface area contributed by atoms with Crippen molar-refractivity contribution in [2.24, 2.45) is 17.8 Å². The monoisotopic (exact) mass is 293 g/mol. The third-order valence-corrected chi connectivity index (χ3v) is 5.47. The normalized spacial score (nSPS) is 33.8. The zero-order chi connectivity index (χ0) is 14.8. The van der Waals surface area contributed by atoms with Gasteiger partial charge >= 0.3 is 0 Å². The lowest BCUT2D eigenvalue weighted by Gasteiger charge is -2.27. The molecular formula is C16H27N3O2. The van der Waals surface area contributed by atoms with Gasteiger partial charge in [-0.25, -0.2) is 0 Å². The third kappa shape index (κ3) is 2.99. The molecule has 3 fully saturated rings. The Balaban J connectivity index is 1.48. The van der Waals surface area contributed by atoms with Crippen LogP contribution in [-0.2, 0) is 9.59 Å². The summed E-state index contributed by atoms with van der Waals surface area (Å²) in [7, 11) is 0. The van der Waals surface area contributed by atoms with Gasteiger partial charge in [-0.15, -0.1) is 0 Å². The Kier molecular flexibility index (Phi) is 4.60. The summed E-state index contributed by atoms with van der Waals surface area (Å²) in [6.07, 6.45) is 3.87. The van der Waals surface area contributed by atoms with Crippen LogP contribution in [0.25, 0.3) is 0 Å². The van der Waals surface area contributed by atoms with Gasteiger partial charge in [0.1, 0.15) is 0 Å². The highest BCUT2D eigenvalue weighted by Crippen LogP contribution is 2.44. The SMILES string of the molecule is CCC1CC2C(=O)N(CCCN3CCNCC3)C(=O)C2C1. The number of hydrogen-bond donors (Lipinski definition) is 1. The molecule has 1 saturated carbocycles. The molecule has 3 aliphatic rings. The molecule has 5 heteroatoms. The molecule has 2 saturated heterocycles. The van der Waals surface area contributed by atoms with Crippen molar-refractivity contribution in [2.75, 3.05) is 39.3 Å². The number of fused-ring (bicyclic) bond motifs is 1. The largest absolute Gasteiger partial charge is 0.314 e. The summed E-state index contributed by atoms with van der Waals surface area (Å²) in [4.78, 5) is 28.8. The summed E-state index contributed by atoms with van der Waals surface area (Å²) in [6, 6.07) is 0. The molecule has 0 aromatic rings. The number of amides is 2. The van der Waals surface area contributed by atoms with E-state index in [0.29, 0.717) is 12.5 Å². The number of piperazine rings is 1. The van der Waals surface area contributed by atoms with E-state index < -0.39 is 0 Å². The van der Waals surface area contributed by atoms with Gasteiger partial charge in [-0.2, -0.15) is 0 Å². The Bertz CT molecular complexity index is 382. The minimum Gasteiger partial charge on any atom is -0.314 e. The lowest BCUT2D eigenvalue weighted by molar-refractivity contribution is -0.140. The van der Waals surface area contributed by atoms with Crippen molar-refractivity contribution in [3.05, 3.63) is 0 Å². The molecule has 0 spiro atoms. The Morgan fingerprint density at radius 1 is 1.05 bits per heavy atom. The fourth-order valence-electron chi connectivity index (χ4n) is 4.14. The zero-order valence-corrected chi connectivity index (χ0v) is 13.0. The van der Waals surface area contributed by atoms with Crippen molar-refractivity contribution >= 4 is 11.8 Å². The second kappa shape index (κ2) is 6.44. The van der Waals surface area contributed by atoms with Gasteiger partial charge in [-0.05, 0) is 31.7 Å². The lowest BCUT2D eigenvalue weighted by atomic mass is 10.00. The number of nitrogens with one attached hydrogen (secondary N) is 1. The molecule has 0 aromatic heterocycles. The average molecular weight is 293 g/mol. The van der Waals surface area contributed by atoms with Gasteiger partial charge in [-0.1, -0.05) is 13.3 Å². The Morgan fingerprint density at radius 3 is 2.24 bits per heavy atom. The highest BCUT2D eigenvalue weighted by atomic mass is 16.2. The van der Waals surface area contributed by atoms with Crippen molar-refractivity contribution in [1.29, 1.82) is 0 Å². The van der Waals surface area contributed by atoms with Crippen LogP contribution in [0, 0.1) is 17.8 Å². The van der Waals surface area contributed by atoms with Gasteiger partial charge in [0, 0.05) is 32.7 Å². The van der Waals surface area contributed by atoms with Crippen LogP contribution in [0.3, 0.4) is 0 Å². The summed E-state index contributed by atoms with van der Waals surface area (Å²) >= 11 is 0. The van der Waals surface area contributed by atoms with Crippen LogP contribution in [0.4, 0.5) is 0 Å². The van der Waals surface area contributed by atoms with Crippen molar-refractivity contribution in [3.63, 3.8) is 0 Å². The first-order valence-corrected chi connectivity index (χ1v) is 8.49. The molecule has 0 bridgehead atoms. The average Bonchev–Trinajstić information content (AvgIpc) is 3.03. The number of hydrogen-bond acceptors (Lipinski definition) is 4. The number of rotatable bonds is 5. The minimum atomic E-state index is 0.00152. The smallest absolute Gasteiger partial charge is 0.233 e. The Hall–Kier alpha value is -0.940. The van der Waals surface area contributed by atoms with E-state index in [9.17, 15) is 9.59 Å². The molecule has 0 radical (unpaired) electrons. The molecule has 21 heavy (non-hydrogen) atoms. The van der Waals surface area contributed by atoms with Gasteiger partial charge in [0.05, 0.1) is 11.8 Å². The molecule has 1 N–H and O–H groups in total. The van der Waals surface area contributed by atoms with Crippen LogP contribution in [0.15, 0.2) is 0 Å². The number of carbonyl (C=O) groups is 2. The highest BCUT2D eigenvalue weighted by molar-refractivity contribution is 6.05. The quantitative estimate of drug-likeness (QED) is 0.758. The number of imide groups is 1. The van der Waals surface area contributed by atoms with E-state index in [2.05, 4.69) is 17.1 Å². The van der Waals surface area contributed by atoms with Gasteiger partial charge in [0.15, 0.2) is 0 Å². The van der Waals surface area contributed by atoms with E-state index in [0.717, 1.165) is 58.4 Å². The van der Waals surface area contributed by atoms with Crippen LogP contribution in [0.2, 0.25) is 0 Å². The summed E-state index contributed by atoms with van der Waals surface area (Å²) in [6.45, 7) is 8.01. The summed E-state index contributed by atoms with van der Waals surface area (Å²) in [5.41, 5.74) is 0. The van der Waals surface area contributed by atoms with Crippen molar-refractivity contribution < 1.29 is 9.59 Å². The predicted octanol–water partition coefficient (Wildman–Crippen LogP) is 0.703. The number of nitrogens with zero attached hydrogens (tertiary/aromatic N) is 2. The number of likely N-dealkylation sites (tertiary alicyclic amines) is 1. The predicted molar refractivity (Wildman–Crippen MR) is 80.6 cm³/mol. The standard InChI is InChI=1S/C16H27N3O2/c1-2-12-10-13-14(11-12)16(21)19(15(13)20)7-3-6-18-8-4-17-5-9-18/h12-14,17H,2-11H2,1H3. The first kappa shape index (κ1) is 15.0. The van der Waals surface area contributed by atoms with E-state index in [4.69, 9.17) is 0 Å². The Labute approximate surface area is 127 Å². The van der Waals surface area contributed by atoms with Gasteiger partial charge in [0.25, 0.3) is 0 Å². The van der Waals surface area contributed by atoms with Crippen molar-refractivity contribution in [2.45, 2.75) is 32.6 Å². The van der Waals surface area contributed by atoms with Crippen LogP contribution < -0.4 is 5.32 Å². The van der Waals surface area contributed by atoms with E-state index in [1.807, 2.05) is 0 Å². The summed E-state index contributed by atoms with van der Waals surface area (Å²) in [5, 5.41) is 3.34. The Morgan fingerprint density at radius 2 is 1.67 bits per heavy atom. The molecule has 2 atom stereocenters. The van der Waals surface area contributed by atoms with Crippen molar-refractivity contribution in [1.82, 2.24) is 15.1 Å². The van der Waals surface area contributed by atoms with Crippen LogP contribution in [0.1, 0.15) is 32.6 Å². The molecule has 2 amide bonds. The molecule has 118 valence electrons. The fourth-order valence-corrected chi connectivity index (χ4v) is 4.14. The van der Waals surface area contributed by atoms with Gasteiger partial charge < -0.3 is 10.2 Å². The topological polar surface area (TPSA) is 52.7 Å². The molecule has 1 aliphatic carbocycles. The zero-order valence-electron chi connectivity index (χ0n) is 13.0. The second-order valence-electron chi connectivity index (χ2n) is 6.73. The first-order chi connectivity index (χ1) is 10.2. The summed E-state index contributed by atoms with van der Waals surface area (Å²) < 4.78 is 0. The molecule has 0 aromatic carbocycles. The van der Waals surface area contributed by atoms with Crippen LogP contribution in [-0.4, -0.2) is 60.9 Å². The minimum absolute atomic E-state index is 0.00152. The molecule has 5 nitrogen and oxygen atoms in total. The fraction of sp³-hybridized carbons (Fsp3) is 0.875. The molecule has 2 heterocycles. The summed E-state index contributed by atoms with van der Waals surface area (Å²) in [5.74, 6) is 0.807. The van der Waals surface area contributed by atoms with E-state index in [1.165, 1.54) is 0 Å². The maximum Gasteiger partial charge on any atom is 0.233 e. The molecule has 2 unspecified atom stereocenters. The van der Waals surface area contributed by atoms with Crippen LogP contribution in [0.5, 0.6) is 0 Å². The van der Waals surface area contributed by atoms with E-state index in [1.54, 1.807) is 4.90 Å². The maximum atomic E-state index is 12.4. The number of carbonyl (C=O) groups excluding carboxylic acids is 2. The first-order valence-electron chi connectivity index (χ1n) is 8.49. The van der Waals surface area contributed by atoms with Gasteiger partial charge in [-0.3, -0.25) is 14.5 Å². The van der Waals surface area contributed by atoms with Crippen LogP contribution >= 0.6 is 0 Å². The third-order valence-electron chi connectivity index (χ3n) is 5.47. The van der Waals surface area contributed by atoms with E-state index >= 15 is 0 Å². The maximum absolute atomic E-state index is 12.4.